The van der Waals surface area contributed by atoms with Crippen LogP contribution in [0.4, 0.5) is 0 Å². The monoisotopic (exact) mass is 285 g/mol. The molecular weight excluding hydrogens is 266 g/mol. The largest absolute Gasteiger partial charge is 0.390 e. The zero-order valence-corrected chi connectivity index (χ0v) is 11.7. The van der Waals surface area contributed by atoms with Crippen LogP contribution in [0.1, 0.15) is 5.56 Å². The van der Waals surface area contributed by atoms with Gasteiger partial charge < -0.3 is 10.4 Å². The third-order valence-electron chi connectivity index (χ3n) is 3.45. The number of aliphatic hydroxyl groups is 1. The van der Waals surface area contributed by atoms with Gasteiger partial charge in [0.05, 0.1) is 17.9 Å². The van der Waals surface area contributed by atoms with E-state index in [4.69, 9.17) is 0 Å². The van der Waals surface area contributed by atoms with E-state index in [2.05, 4.69) is 10.3 Å². The maximum absolute atomic E-state index is 12.2. The van der Waals surface area contributed by atoms with Crippen LogP contribution in [0.15, 0.2) is 24.5 Å². The summed E-state index contributed by atoms with van der Waals surface area (Å²) in [6.45, 7) is 0.932. The molecule has 0 aliphatic carbocycles. The maximum atomic E-state index is 12.2. The molecule has 19 heavy (non-hydrogen) atoms. The van der Waals surface area contributed by atoms with E-state index in [1.54, 1.807) is 12.4 Å². The number of aromatic nitrogens is 1. The number of hydrogen-bond acceptors (Lipinski definition) is 5. The Labute approximate surface area is 113 Å². The van der Waals surface area contributed by atoms with Crippen LogP contribution < -0.4 is 5.32 Å². The van der Waals surface area contributed by atoms with Crippen molar-refractivity contribution in [2.75, 3.05) is 25.9 Å². The molecule has 0 aromatic carbocycles. The lowest BCUT2D eigenvalue weighted by molar-refractivity contribution is 0.136. The highest BCUT2D eigenvalue weighted by Crippen LogP contribution is 2.13. The van der Waals surface area contributed by atoms with Crippen molar-refractivity contribution in [3.63, 3.8) is 0 Å². The summed E-state index contributed by atoms with van der Waals surface area (Å²) in [5.41, 5.74) is 0.942. The topological polar surface area (TPSA) is 82.5 Å². The van der Waals surface area contributed by atoms with E-state index >= 15 is 0 Å². The van der Waals surface area contributed by atoms with Gasteiger partial charge in [0.15, 0.2) is 0 Å². The second-order valence-electron chi connectivity index (χ2n) is 4.73. The number of β-amino-alcohol motifs (C(OH)–C–C–N with tert-alkyl or cyclic N) is 1. The number of aryl methyl sites for hydroxylation is 1. The molecule has 1 saturated heterocycles. The first-order valence-electron chi connectivity index (χ1n) is 6.24. The quantitative estimate of drug-likeness (QED) is 0.741. The minimum absolute atomic E-state index is 0.0384. The molecule has 1 aromatic heterocycles. The first-order chi connectivity index (χ1) is 9.00. The van der Waals surface area contributed by atoms with Crippen molar-refractivity contribution in [2.24, 2.45) is 0 Å². The van der Waals surface area contributed by atoms with Crippen molar-refractivity contribution >= 4 is 10.0 Å². The van der Waals surface area contributed by atoms with Crippen LogP contribution >= 0.6 is 0 Å². The van der Waals surface area contributed by atoms with Crippen molar-refractivity contribution in [1.82, 2.24) is 14.6 Å². The maximum Gasteiger partial charge on any atom is 0.214 e. The van der Waals surface area contributed by atoms with E-state index in [-0.39, 0.29) is 11.8 Å². The Bertz CT molecular complexity index is 506. The van der Waals surface area contributed by atoms with Gasteiger partial charge in [-0.15, -0.1) is 0 Å². The van der Waals surface area contributed by atoms with Gasteiger partial charge in [-0.3, -0.25) is 4.98 Å². The van der Waals surface area contributed by atoms with Crippen LogP contribution in [0.5, 0.6) is 0 Å². The molecule has 0 saturated carbocycles. The second kappa shape index (κ2) is 5.96. The molecule has 1 fully saturated rings. The van der Waals surface area contributed by atoms with E-state index in [1.165, 1.54) is 11.4 Å². The Morgan fingerprint density at radius 2 is 2.11 bits per heavy atom. The lowest BCUT2D eigenvalue weighted by Crippen LogP contribution is -2.45. The average Bonchev–Trinajstić information content (AvgIpc) is 2.83. The highest BCUT2D eigenvalue weighted by Gasteiger charge is 2.34. The molecule has 2 N–H and O–H groups in total. The first-order valence-corrected chi connectivity index (χ1v) is 7.85. The fraction of sp³-hybridized carbons (Fsp3) is 0.583. The minimum atomic E-state index is -3.36. The molecule has 2 atom stereocenters. The molecule has 1 aliphatic heterocycles. The number of sulfonamides is 1. The number of nitrogens with zero attached hydrogens (tertiary/aromatic N) is 2. The summed E-state index contributed by atoms with van der Waals surface area (Å²) in [4.78, 5) is 3.90. The van der Waals surface area contributed by atoms with Crippen LogP contribution in [0, 0.1) is 0 Å². The number of nitrogens with one attached hydrogen (secondary N) is 1. The summed E-state index contributed by atoms with van der Waals surface area (Å²) in [5, 5.41) is 12.7. The fourth-order valence-electron chi connectivity index (χ4n) is 2.17. The lowest BCUT2D eigenvalue weighted by Gasteiger charge is -2.25. The minimum Gasteiger partial charge on any atom is -0.390 e. The molecular formula is C12H19N3O3S. The average molecular weight is 285 g/mol. The van der Waals surface area contributed by atoms with Gasteiger partial charge in [0, 0.05) is 32.5 Å². The van der Waals surface area contributed by atoms with Gasteiger partial charge in [-0.25, -0.2) is 8.42 Å². The third-order valence-corrected chi connectivity index (χ3v) is 5.32. The van der Waals surface area contributed by atoms with E-state index in [9.17, 15) is 13.5 Å². The molecule has 2 rings (SSSR count). The highest BCUT2D eigenvalue weighted by atomic mass is 32.2. The zero-order valence-electron chi connectivity index (χ0n) is 10.9. The van der Waals surface area contributed by atoms with E-state index in [1.807, 2.05) is 12.1 Å². The Hall–Kier alpha value is -1.02. The SMILES string of the molecule is CN([C@@H]1CNC[C@H]1O)S(=O)(=O)CCc1ccncc1. The third kappa shape index (κ3) is 3.50. The molecule has 1 aromatic rings. The summed E-state index contributed by atoms with van der Waals surface area (Å²) in [6.07, 6.45) is 3.11. The lowest BCUT2D eigenvalue weighted by atomic mass is 10.2. The summed E-state index contributed by atoms with van der Waals surface area (Å²) in [5.74, 6) is 0.0384. The van der Waals surface area contributed by atoms with Gasteiger partial charge >= 0.3 is 0 Å². The van der Waals surface area contributed by atoms with Gasteiger partial charge in [-0.2, -0.15) is 4.31 Å². The van der Waals surface area contributed by atoms with E-state index < -0.39 is 16.1 Å². The summed E-state index contributed by atoms with van der Waals surface area (Å²) < 4.78 is 25.7. The van der Waals surface area contributed by atoms with Crippen molar-refractivity contribution in [2.45, 2.75) is 18.6 Å². The molecule has 0 radical (unpaired) electrons. The van der Waals surface area contributed by atoms with Crippen molar-refractivity contribution in [3.05, 3.63) is 30.1 Å². The number of hydrogen-bond donors (Lipinski definition) is 2. The molecule has 7 heteroatoms. The number of aliphatic hydroxyl groups excluding tert-OH is 1. The van der Waals surface area contributed by atoms with E-state index in [0.717, 1.165) is 5.56 Å². The highest BCUT2D eigenvalue weighted by molar-refractivity contribution is 7.89. The van der Waals surface area contributed by atoms with Gasteiger partial charge in [0.25, 0.3) is 0 Å². The van der Waals surface area contributed by atoms with Gasteiger partial charge in [0.1, 0.15) is 0 Å². The Kier molecular flexibility index (Phi) is 4.51. The van der Waals surface area contributed by atoms with Gasteiger partial charge in [-0.1, -0.05) is 0 Å². The van der Waals surface area contributed by atoms with Gasteiger partial charge in [0.2, 0.25) is 10.0 Å². The van der Waals surface area contributed by atoms with Crippen LogP contribution in [-0.2, 0) is 16.4 Å². The van der Waals surface area contributed by atoms with Crippen LogP contribution in [0.2, 0.25) is 0 Å². The molecule has 0 amide bonds. The van der Waals surface area contributed by atoms with E-state index in [0.29, 0.717) is 19.5 Å². The van der Waals surface area contributed by atoms with Crippen LogP contribution in [0.25, 0.3) is 0 Å². The smallest absolute Gasteiger partial charge is 0.214 e. The Morgan fingerprint density at radius 1 is 1.42 bits per heavy atom. The fourth-order valence-corrected chi connectivity index (χ4v) is 3.58. The molecule has 1 aliphatic rings. The van der Waals surface area contributed by atoms with Crippen molar-refractivity contribution in [3.8, 4) is 0 Å². The number of rotatable bonds is 5. The van der Waals surface area contributed by atoms with Crippen molar-refractivity contribution in [1.29, 1.82) is 0 Å². The Morgan fingerprint density at radius 3 is 2.68 bits per heavy atom. The molecule has 0 unspecified atom stereocenters. The normalized spacial score (nSPS) is 23.9. The molecule has 2 heterocycles. The van der Waals surface area contributed by atoms with Gasteiger partial charge in [-0.05, 0) is 24.1 Å². The van der Waals surface area contributed by atoms with Crippen LogP contribution in [0.3, 0.4) is 0 Å². The van der Waals surface area contributed by atoms with Crippen LogP contribution in [-0.4, -0.2) is 60.8 Å². The molecule has 0 spiro atoms. The standard InChI is InChI=1S/C12H19N3O3S/c1-15(11-8-14-9-12(11)16)19(17,18)7-4-10-2-5-13-6-3-10/h2-3,5-6,11-12,14,16H,4,7-9H2,1H3/t11-,12-/m1/s1. The molecule has 6 nitrogen and oxygen atoms in total. The summed E-state index contributed by atoms with van der Waals surface area (Å²) in [6, 6.07) is 3.24. The number of pyridine rings is 1. The summed E-state index contributed by atoms with van der Waals surface area (Å²) in [7, 11) is -1.83. The summed E-state index contributed by atoms with van der Waals surface area (Å²) >= 11 is 0. The molecule has 0 bridgehead atoms. The number of likely N-dealkylation sites (N-methyl/N-ethyl adjacent to an activating group) is 1. The zero-order chi connectivity index (χ0) is 13.9. The van der Waals surface area contributed by atoms with Crippen molar-refractivity contribution < 1.29 is 13.5 Å². The molecule has 106 valence electrons. The second-order valence-corrected chi connectivity index (χ2v) is 6.88. The predicted octanol–water partition coefficient (Wildman–Crippen LogP) is -0.782. The first kappa shape index (κ1) is 14.4. The predicted molar refractivity (Wildman–Crippen MR) is 72.2 cm³/mol. The Balaban J connectivity index is 1.98.